The van der Waals surface area contributed by atoms with Crippen molar-refractivity contribution in [1.29, 1.82) is 0 Å². The van der Waals surface area contributed by atoms with Gasteiger partial charge in [0.15, 0.2) is 0 Å². The molecule has 0 saturated carbocycles. The lowest BCUT2D eigenvalue weighted by Gasteiger charge is -2.11. The molecule has 0 fully saturated rings. The summed E-state index contributed by atoms with van der Waals surface area (Å²) in [5.41, 5.74) is 7.19. The Morgan fingerprint density at radius 3 is 1.78 bits per heavy atom. The number of aromatic nitrogens is 3. The molecule has 0 aliphatic rings. The quantitative estimate of drug-likeness (QED) is 0.254. The van der Waals surface area contributed by atoms with Gasteiger partial charge in [0.2, 0.25) is 0 Å². The van der Waals surface area contributed by atoms with Crippen molar-refractivity contribution in [2.45, 2.75) is 0 Å². The molecular weight excluding hydrogens is 438 g/mol. The van der Waals surface area contributed by atoms with E-state index in [0.717, 1.165) is 5.69 Å². The topological polar surface area (TPSA) is 22.8 Å². The minimum absolute atomic E-state index is 1.12. The van der Waals surface area contributed by atoms with Crippen LogP contribution in [0, 0.1) is 0 Å². The highest BCUT2D eigenvalue weighted by Crippen LogP contribution is 2.41. The van der Waals surface area contributed by atoms with Crippen LogP contribution in [-0.2, 0) is 0 Å². The van der Waals surface area contributed by atoms with Gasteiger partial charge in [-0.1, -0.05) is 72.8 Å². The van der Waals surface area contributed by atoms with E-state index >= 15 is 0 Å². The molecule has 3 aromatic heterocycles. The van der Waals surface area contributed by atoms with Crippen LogP contribution in [0.15, 0.2) is 128 Å². The highest BCUT2D eigenvalue weighted by atomic mass is 15.0. The zero-order valence-corrected chi connectivity index (χ0v) is 19.5. The van der Waals surface area contributed by atoms with Crippen LogP contribution in [0.1, 0.15) is 0 Å². The Bertz CT molecular complexity index is 2080. The third kappa shape index (κ3) is 2.54. The number of benzene rings is 5. The van der Waals surface area contributed by atoms with Crippen molar-refractivity contribution in [1.82, 2.24) is 14.1 Å². The summed E-state index contributed by atoms with van der Waals surface area (Å²) in [6.07, 6.45) is 3.72. The molecule has 8 rings (SSSR count). The van der Waals surface area contributed by atoms with E-state index in [1.54, 1.807) is 0 Å². The maximum Gasteiger partial charge on any atom is 0.0619 e. The second kappa shape index (κ2) is 7.30. The summed E-state index contributed by atoms with van der Waals surface area (Å²) < 4.78 is 4.77. The Morgan fingerprint density at radius 1 is 0.389 bits per heavy atom. The van der Waals surface area contributed by atoms with Gasteiger partial charge in [-0.15, -0.1) is 0 Å². The first-order valence-electron chi connectivity index (χ1n) is 12.2. The molecule has 36 heavy (non-hydrogen) atoms. The van der Waals surface area contributed by atoms with Crippen molar-refractivity contribution < 1.29 is 0 Å². The van der Waals surface area contributed by atoms with Gasteiger partial charge in [0.25, 0.3) is 0 Å². The van der Waals surface area contributed by atoms with E-state index in [9.17, 15) is 0 Å². The second-order valence-electron chi connectivity index (χ2n) is 9.26. The molecule has 0 spiro atoms. The minimum atomic E-state index is 1.12. The Kier molecular flexibility index (Phi) is 3.94. The van der Waals surface area contributed by atoms with Gasteiger partial charge in [-0.3, -0.25) is 4.98 Å². The summed E-state index contributed by atoms with van der Waals surface area (Å²) in [6, 6.07) is 41.5. The molecule has 0 aliphatic carbocycles. The molecule has 3 heteroatoms. The smallest absolute Gasteiger partial charge is 0.0619 e. The molecular formula is C33H21N3. The van der Waals surface area contributed by atoms with E-state index in [4.69, 9.17) is 0 Å². The molecule has 0 atom stereocenters. The van der Waals surface area contributed by atoms with Crippen LogP contribution in [0.2, 0.25) is 0 Å². The normalized spacial score (nSPS) is 11.9. The van der Waals surface area contributed by atoms with Crippen LogP contribution in [-0.4, -0.2) is 14.1 Å². The van der Waals surface area contributed by atoms with Gasteiger partial charge < -0.3 is 9.13 Å². The number of para-hydroxylation sites is 3. The first-order valence-corrected chi connectivity index (χ1v) is 12.2. The van der Waals surface area contributed by atoms with E-state index in [1.807, 2.05) is 12.4 Å². The predicted molar refractivity (Wildman–Crippen MR) is 150 cm³/mol. The summed E-state index contributed by atoms with van der Waals surface area (Å²) in [6.45, 7) is 0. The average Bonchev–Trinajstić information content (AvgIpc) is 3.47. The van der Waals surface area contributed by atoms with Crippen LogP contribution < -0.4 is 0 Å². The molecule has 0 saturated heterocycles. The number of rotatable bonds is 2. The Labute approximate surface area is 207 Å². The Balaban J connectivity index is 1.60. The van der Waals surface area contributed by atoms with Crippen LogP contribution >= 0.6 is 0 Å². The van der Waals surface area contributed by atoms with Crippen LogP contribution in [0.4, 0.5) is 0 Å². The molecule has 5 aromatic carbocycles. The fraction of sp³-hybridized carbons (Fsp3) is 0. The largest absolute Gasteiger partial charge is 0.309 e. The van der Waals surface area contributed by atoms with E-state index in [-0.39, 0.29) is 0 Å². The average molecular weight is 460 g/mol. The minimum Gasteiger partial charge on any atom is -0.309 e. The van der Waals surface area contributed by atoms with Gasteiger partial charge in [-0.2, -0.15) is 0 Å². The predicted octanol–water partition coefficient (Wildman–Crippen LogP) is 8.43. The summed E-state index contributed by atoms with van der Waals surface area (Å²) in [5, 5.41) is 7.63. The number of hydrogen-bond donors (Lipinski definition) is 0. The second-order valence-corrected chi connectivity index (χ2v) is 9.26. The summed E-state index contributed by atoms with van der Waals surface area (Å²) >= 11 is 0. The van der Waals surface area contributed by atoms with E-state index < -0.39 is 0 Å². The number of nitrogens with zero attached hydrogens (tertiary/aromatic N) is 3. The van der Waals surface area contributed by atoms with E-state index in [2.05, 4.69) is 129 Å². The highest BCUT2D eigenvalue weighted by molar-refractivity contribution is 6.27. The van der Waals surface area contributed by atoms with Gasteiger partial charge in [-0.05, 0) is 47.9 Å². The van der Waals surface area contributed by atoms with Crippen molar-refractivity contribution in [3.05, 3.63) is 128 Å². The Hall–Kier alpha value is -4.89. The molecule has 8 aromatic rings. The first kappa shape index (κ1) is 19.4. The zero-order valence-electron chi connectivity index (χ0n) is 19.5. The van der Waals surface area contributed by atoms with Gasteiger partial charge in [-0.25, -0.2) is 0 Å². The van der Waals surface area contributed by atoms with E-state index in [0.29, 0.717) is 0 Å². The standard InChI is InChI=1S/C33H21N3/c1-2-8-22(9-3-1)36-29-12-6-4-10-24(29)26-15-14-25-27(33(26)36)16-17-31-32(25)28-11-5-7-13-30(28)35(31)23-18-20-34-21-19-23/h1-21H. The lowest BCUT2D eigenvalue weighted by atomic mass is 10.0. The highest BCUT2D eigenvalue weighted by Gasteiger charge is 2.19. The molecule has 0 N–H and O–H groups in total. The summed E-state index contributed by atoms with van der Waals surface area (Å²) in [7, 11) is 0. The number of pyridine rings is 1. The monoisotopic (exact) mass is 459 g/mol. The van der Waals surface area contributed by atoms with Gasteiger partial charge in [0, 0.05) is 50.7 Å². The van der Waals surface area contributed by atoms with Crippen LogP contribution in [0.3, 0.4) is 0 Å². The van der Waals surface area contributed by atoms with Crippen LogP contribution in [0.5, 0.6) is 0 Å². The maximum atomic E-state index is 4.24. The molecule has 3 heterocycles. The van der Waals surface area contributed by atoms with Gasteiger partial charge in [0.05, 0.1) is 22.1 Å². The molecule has 0 aliphatic heterocycles. The fourth-order valence-corrected chi connectivity index (χ4v) is 5.95. The molecule has 0 bridgehead atoms. The Morgan fingerprint density at radius 2 is 0.972 bits per heavy atom. The van der Waals surface area contributed by atoms with Crippen molar-refractivity contribution in [3.63, 3.8) is 0 Å². The van der Waals surface area contributed by atoms with Crippen molar-refractivity contribution in [3.8, 4) is 11.4 Å². The van der Waals surface area contributed by atoms with Crippen LogP contribution in [0.25, 0.3) is 65.8 Å². The zero-order chi connectivity index (χ0) is 23.6. The lowest BCUT2D eigenvalue weighted by Crippen LogP contribution is -1.95. The fourth-order valence-electron chi connectivity index (χ4n) is 5.95. The molecule has 0 unspecified atom stereocenters. The van der Waals surface area contributed by atoms with E-state index in [1.165, 1.54) is 60.1 Å². The number of fused-ring (bicyclic) bond motifs is 9. The summed E-state index contributed by atoms with van der Waals surface area (Å²) in [4.78, 5) is 4.24. The first-order chi connectivity index (χ1) is 17.9. The molecule has 0 amide bonds. The van der Waals surface area contributed by atoms with Crippen molar-refractivity contribution in [2.24, 2.45) is 0 Å². The third-order valence-electron chi connectivity index (χ3n) is 7.40. The van der Waals surface area contributed by atoms with Crippen molar-refractivity contribution >= 4 is 54.4 Å². The van der Waals surface area contributed by atoms with Crippen molar-refractivity contribution in [2.75, 3.05) is 0 Å². The molecule has 168 valence electrons. The lowest BCUT2D eigenvalue weighted by molar-refractivity contribution is 1.16. The molecule has 0 radical (unpaired) electrons. The summed E-state index contributed by atoms with van der Waals surface area (Å²) in [5.74, 6) is 0. The third-order valence-corrected chi connectivity index (χ3v) is 7.40. The maximum absolute atomic E-state index is 4.24. The number of hydrogen-bond acceptors (Lipinski definition) is 1. The molecule has 3 nitrogen and oxygen atoms in total. The SMILES string of the molecule is c1ccc(-n2c3ccccc3c3ccc4c(ccc5c4c4ccccc4n5-c4ccncc4)c32)cc1. The van der Waals surface area contributed by atoms with Gasteiger partial charge >= 0.3 is 0 Å². The van der Waals surface area contributed by atoms with Gasteiger partial charge in [0.1, 0.15) is 0 Å².